The topological polar surface area (TPSA) is 53.5 Å². The Balaban J connectivity index is 1.46. The molecular formula is C22H24FN5O. The van der Waals surface area contributed by atoms with Crippen LogP contribution < -0.4 is 19.9 Å². The third-order valence-corrected chi connectivity index (χ3v) is 4.94. The summed E-state index contributed by atoms with van der Waals surface area (Å²) in [6.07, 6.45) is 0. The van der Waals surface area contributed by atoms with Gasteiger partial charge in [0.05, 0.1) is 7.11 Å². The number of hydrogen-bond acceptors (Lipinski definition) is 6. The summed E-state index contributed by atoms with van der Waals surface area (Å²) in [6, 6.07) is 16.3. The zero-order chi connectivity index (χ0) is 20.2. The highest BCUT2D eigenvalue weighted by Crippen LogP contribution is 2.23. The van der Waals surface area contributed by atoms with Crippen molar-refractivity contribution in [1.82, 2.24) is 9.97 Å². The number of aromatic nitrogens is 2. The molecule has 6 nitrogen and oxygen atoms in total. The van der Waals surface area contributed by atoms with E-state index in [2.05, 4.69) is 20.1 Å². The van der Waals surface area contributed by atoms with E-state index in [0.717, 1.165) is 54.8 Å². The quantitative estimate of drug-likeness (QED) is 0.707. The first kappa shape index (κ1) is 19.0. The number of nitrogens with one attached hydrogen (secondary N) is 1. The van der Waals surface area contributed by atoms with Crippen LogP contribution in [-0.4, -0.2) is 43.3 Å². The highest BCUT2D eigenvalue weighted by atomic mass is 19.1. The summed E-state index contributed by atoms with van der Waals surface area (Å²) in [7, 11) is 1.65. The van der Waals surface area contributed by atoms with E-state index in [9.17, 15) is 4.39 Å². The molecule has 0 atom stereocenters. The molecule has 2 heterocycles. The normalized spacial score (nSPS) is 14.0. The van der Waals surface area contributed by atoms with Gasteiger partial charge in [-0.25, -0.2) is 9.37 Å². The van der Waals surface area contributed by atoms with Crippen LogP contribution in [0.5, 0.6) is 5.75 Å². The second kappa shape index (κ2) is 8.34. The first-order chi connectivity index (χ1) is 14.1. The third kappa shape index (κ3) is 4.56. The monoisotopic (exact) mass is 393 g/mol. The molecule has 0 unspecified atom stereocenters. The van der Waals surface area contributed by atoms with Gasteiger partial charge in [0.1, 0.15) is 17.4 Å². The van der Waals surface area contributed by atoms with Gasteiger partial charge in [-0.05, 0) is 43.3 Å². The molecule has 0 radical (unpaired) electrons. The Kier molecular flexibility index (Phi) is 5.46. The summed E-state index contributed by atoms with van der Waals surface area (Å²) < 4.78 is 18.4. The molecule has 29 heavy (non-hydrogen) atoms. The Hall–Kier alpha value is -3.35. The van der Waals surface area contributed by atoms with E-state index in [1.807, 2.05) is 49.4 Å². The number of ether oxygens (including phenoxy) is 1. The molecule has 150 valence electrons. The van der Waals surface area contributed by atoms with Gasteiger partial charge in [-0.1, -0.05) is 6.07 Å². The maximum absolute atomic E-state index is 13.2. The molecule has 0 saturated carbocycles. The van der Waals surface area contributed by atoms with Crippen LogP contribution in [-0.2, 0) is 0 Å². The summed E-state index contributed by atoms with van der Waals surface area (Å²) >= 11 is 0. The lowest BCUT2D eigenvalue weighted by atomic mass is 10.2. The van der Waals surface area contributed by atoms with E-state index < -0.39 is 0 Å². The van der Waals surface area contributed by atoms with Crippen molar-refractivity contribution in [2.75, 3.05) is 48.4 Å². The van der Waals surface area contributed by atoms with Gasteiger partial charge in [-0.15, -0.1) is 0 Å². The summed E-state index contributed by atoms with van der Waals surface area (Å²) in [4.78, 5) is 13.8. The first-order valence-electron chi connectivity index (χ1n) is 9.63. The second-order valence-electron chi connectivity index (χ2n) is 7.00. The lowest BCUT2D eigenvalue weighted by molar-refractivity contribution is 0.415. The summed E-state index contributed by atoms with van der Waals surface area (Å²) in [5.41, 5.74) is 2.85. The SMILES string of the molecule is COc1cccc(Nc2cc(C)nc(N3CCN(c4ccc(F)cc4)CC3)n2)c1. The molecular weight excluding hydrogens is 369 g/mol. The van der Waals surface area contributed by atoms with Gasteiger partial charge < -0.3 is 19.9 Å². The van der Waals surface area contributed by atoms with E-state index in [-0.39, 0.29) is 5.82 Å². The van der Waals surface area contributed by atoms with Gasteiger partial charge in [-0.3, -0.25) is 0 Å². The Morgan fingerprint density at radius 2 is 1.66 bits per heavy atom. The zero-order valence-corrected chi connectivity index (χ0v) is 16.6. The van der Waals surface area contributed by atoms with Crippen molar-refractivity contribution in [1.29, 1.82) is 0 Å². The first-order valence-corrected chi connectivity index (χ1v) is 9.63. The molecule has 0 amide bonds. The van der Waals surface area contributed by atoms with E-state index in [0.29, 0.717) is 5.95 Å². The highest BCUT2D eigenvalue weighted by molar-refractivity contribution is 5.60. The Morgan fingerprint density at radius 3 is 2.38 bits per heavy atom. The molecule has 0 aliphatic carbocycles. The third-order valence-electron chi connectivity index (χ3n) is 4.94. The predicted molar refractivity (Wildman–Crippen MR) is 114 cm³/mol. The number of nitrogens with zero attached hydrogens (tertiary/aromatic N) is 4. The smallest absolute Gasteiger partial charge is 0.227 e. The van der Waals surface area contributed by atoms with E-state index >= 15 is 0 Å². The largest absolute Gasteiger partial charge is 0.497 e. The molecule has 1 aliphatic heterocycles. The molecule has 1 fully saturated rings. The number of benzene rings is 2. The Morgan fingerprint density at radius 1 is 0.931 bits per heavy atom. The van der Waals surface area contributed by atoms with Gasteiger partial charge in [0.25, 0.3) is 0 Å². The fourth-order valence-corrected chi connectivity index (χ4v) is 3.42. The fourth-order valence-electron chi connectivity index (χ4n) is 3.42. The minimum Gasteiger partial charge on any atom is -0.497 e. The van der Waals surface area contributed by atoms with Crippen LogP contribution in [0.25, 0.3) is 0 Å². The average molecular weight is 393 g/mol. The number of rotatable bonds is 5. The molecule has 7 heteroatoms. The van der Waals surface area contributed by atoms with Gasteiger partial charge in [0.2, 0.25) is 5.95 Å². The van der Waals surface area contributed by atoms with Crippen molar-refractivity contribution in [2.45, 2.75) is 6.92 Å². The van der Waals surface area contributed by atoms with Crippen molar-refractivity contribution >= 4 is 23.1 Å². The summed E-state index contributed by atoms with van der Waals surface area (Å²) in [5, 5.41) is 3.34. The van der Waals surface area contributed by atoms with E-state index in [1.165, 1.54) is 12.1 Å². The number of methoxy groups -OCH3 is 1. The molecule has 4 rings (SSSR count). The van der Waals surface area contributed by atoms with Gasteiger partial charge >= 0.3 is 0 Å². The van der Waals surface area contributed by atoms with Gasteiger partial charge in [0.15, 0.2) is 0 Å². The minimum atomic E-state index is -0.211. The number of anilines is 4. The van der Waals surface area contributed by atoms with Crippen molar-refractivity contribution in [3.8, 4) is 5.75 Å². The molecule has 1 aromatic heterocycles. The number of piperazine rings is 1. The Bertz CT molecular complexity index is 971. The lowest BCUT2D eigenvalue weighted by Crippen LogP contribution is -2.47. The van der Waals surface area contributed by atoms with Crippen LogP contribution >= 0.6 is 0 Å². The van der Waals surface area contributed by atoms with E-state index in [1.54, 1.807) is 7.11 Å². The molecule has 0 spiro atoms. The van der Waals surface area contributed by atoms with Crippen LogP contribution in [0.3, 0.4) is 0 Å². The number of hydrogen-bond donors (Lipinski definition) is 1. The van der Waals surface area contributed by atoms with E-state index in [4.69, 9.17) is 9.72 Å². The van der Waals surface area contributed by atoms with Crippen LogP contribution in [0.2, 0.25) is 0 Å². The maximum Gasteiger partial charge on any atom is 0.227 e. The molecule has 1 aliphatic rings. The number of aryl methyl sites for hydroxylation is 1. The minimum absolute atomic E-state index is 0.211. The van der Waals surface area contributed by atoms with Crippen LogP contribution in [0.15, 0.2) is 54.6 Å². The van der Waals surface area contributed by atoms with Crippen LogP contribution in [0, 0.1) is 12.7 Å². The van der Waals surface area contributed by atoms with Gasteiger partial charge in [0, 0.05) is 55.4 Å². The highest BCUT2D eigenvalue weighted by Gasteiger charge is 2.20. The summed E-state index contributed by atoms with van der Waals surface area (Å²) in [6.45, 7) is 5.25. The van der Waals surface area contributed by atoms with Crippen molar-refractivity contribution < 1.29 is 9.13 Å². The van der Waals surface area contributed by atoms with Crippen molar-refractivity contribution in [3.63, 3.8) is 0 Å². The summed E-state index contributed by atoms with van der Waals surface area (Å²) in [5.74, 6) is 2.05. The van der Waals surface area contributed by atoms with Crippen LogP contribution in [0.4, 0.5) is 27.5 Å². The maximum atomic E-state index is 13.2. The fraction of sp³-hybridized carbons (Fsp3) is 0.273. The molecule has 1 N–H and O–H groups in total. The van der Waals surface area contributed by atoms with Crippen molar-refractivity contribution in [2.24, 2.45) is 0 Å². The lowest BCUT2D eigenvalue weighted by Gasteiger charge is -2.36. The van der Waals surface area contributed by atoms with Gasteiger partial charge in [-0.2, -0.15) is 4.98 Å². The van der Waals surface area contributed by atoms with Crippen molar-refractivity contribution in [3.05, 3.63) is 66.1 Å². The molecule has 0 bridgehead atoms. The average Bonchev–Trinajstić information content (AvgIpc) is 2.74. The second-order valence-corrected chi connectivity index (χ2v) is 7.00. The van der Waals surface area contributed by atoms with Crippen LogP contribution in [0.1, 0.15) is 5.69 Å². The Labute approximate surface area is 170 Å². The molecule has 3 aromatic rings. The standard InChI is InChI=1S/C22H24FN5O/c1-16-14-21(25-18-4-3-5-20(15-18)29-2)26-22(24-16)28-12-10-27(11-13-28)19-8-6-17(23)7-9-19/h3-9,14-15H,10-13H2,1-2H3,(H,24,25,26). The zero-order valence-electron chi connectivity index (χ0n) is 16.6. The number of halogens is 1. The molecule has 1 saturated heterocycles. The predicted octanol–water partition coefficient (Wildman–Crippen LogP) is 4.00. The molecule has 2 aromatic carbocycles.